The van der Waals surface area contributed by atoms with Crippen molar-refractivity contribution in [2.45, 2.75) is 19.4 Å². The van der Waals surface area contributed by atoms with Crippen LogP contribution in [0.4, 0.5) is 5.69 Å². The van der Waals surface area contributed by atoms with Crippen molar-refractivity contribution in [3.05, 3.63) is 59.1 Å². The average molecular weight is 405 g/mol. The highest BCUT2D eigenvalue weighted by Gasteiger charge is 2.24. The summed E-state index contributed by atoms with van der Waals surface area (Å²) in [5.41, 5.74) is 0.947. The van der Waals surface area contributed by atoms with Gasteiger partial charge in [-0.3, -0.25) is 14.4 Å². The first-order valence-corrected chi connectivity index (χ1v) is 8.98. The highest BCUT2D eigenvalue weighted by molar-refractivity contribution is 6.39. The fourth-order valence-electron chi connectivity index (χ4n) is 2.46. The van der Waals surface area contributed by atoms with Crippen molar-refractivity contribution in [1.82, 2.24) is 5.32 Å². The molecule has 0 unspecified atom stereocenters. The molecule has 0 aromatic heterocycles. The van der Waals surface area contributed by atoms with E-state index in [9.17, 15) is 14.4 Å². The monoisotopic (exact) mass is 404 g/mol. The van der Waals surface area contributed by atoms with Gasteiger partial charge >= 0.3 is 17.8 Å². The van der Waals surface area contributed by atoms with Crippen LogP contribution in [-0.2, 0) is 19.1 Å². The van der Waals surface area contributed by atoms with Crippen molar-refractivity contribution in [1.29, 1.82) is 0 Å². The summed E-state index contributed by atoms with van der Waals surface area (Å²) in [5.74, 6) is -1.66. The number of methoxy groups -OCH3 is 1. The van der Waals surface area contributed by atoms with E-state index in [0.29, 0.717) is 28.6 Å². The van der Waals surface area contributed by atoms with E-state index in [2.05, 4.69) is 15.4 Å². The van der Waals surface area contributed by atoms with Crippen LogP contribution in [0.3, 0.4) is 0 Å². The molecule has 28 heavy (non-hydrogen) atoms. The third kappa shape index (κ3) is 5.99. The van der Waals surface area contributed by atoms with Crippen LogP contribution in [0.25, 0.3) is 0 Å². The highest BCUT2D eigenvalue weighted by Crippen LogP contribution is 2.25. The molecule has 2 rings (SSSR count). The number of benzene rings is 2. The number of amides is 2. The Balaban J connectivity index is 2.08. The summed E-state index contributed by atoms with van der Waals surface area (Å²) in [6.07, 6.45) is -0.164. The Morgan fingerprint density at radius 3 is 2.32 bits per heavy atom. The van der Waals surface area contributed by atoms with Crippen LogP contribution in [0.15, 0.2) is 48.5 Å². The quantitative estimate of drug-likeness (QED) is 0.546. The molecule has 0 aliphatic heterocycles. The van der Waals surface area contributed by atoms with Gasteiger partial charge in [0.2, 0.25) is 0 Å². The lowest BCUT2D eigenvalue weighted by atomic mass is 10.0. The molecular weight excluding hydrogens is 384 g/mol. The molecule has 0 fully saturated rings. The summed E-state index contributed by atoms with van der Waals surface area (Å²) in [4.78, 5) is 36.3. The van der Waals surface area contributed by atoms with Crippen LogP contribution in [0.5, 0.6) is 5.75 Å². The number of esters is 1. The summed E-state index contributed by atoms with van der Waals surface area (Å²) in [6.45, 7) is 2.39. The summed E-state index contributed by atoms with van der Waals surface area (Å²) in [5, 5.41) is 5.39. The maximum Gasteiger partial charge on any atom is 0.313 e. The van der Waals surface area contributed by atoms with E-state index in [4.69, 9.17) is 16.3 Å². The second kappa shape index (κ2) is 10.3. The molecule has 0 aliphatic carbocycles. The molecule has 0 radical (unpaired) electrons. The van der Waals surface area contributed by atoms with Crippen molar-refractivity contribution < 1.29 is 23.9 Å². The molecule has 2 aromatic carbocycles. The zero-order valence-corrected chi connectivity index (χ0v) is 16.3. The zero-order chi connectivity index (χ0) is 20.5. The smallest absolute Gasteiger partial charge is 0.313 e. The number of hydrogen-bond acceptors (Lipinski definition) is 5. The molecular formula is C20H21ClN2O5. The third-order valence-corrected chi connectivity index (χ3v) is 4.16. The van der Waals surface area contributed by atoms with E-state index in [1.165, 1.54) is 7.11 Å². The summed E-state index contributed by atoms with van der Waals surface area (Å²) < 4.78 is 9.99. The first kappa shape index (κ1) is 21.2. The number of carbonyl (C=O) groups excluding carboxylic acids is 3. The van der Waals surface area contributed by atoms with Crippen LogP contribution >= 0.6 is 11.6 Å². The molecule has 0 saturated heterocycles. The van der Waals surface area contributed by atoms with Crippen molar-refractivity contribution in [3.8, 4) is 5.75 Å². The third-order valence-electron chi connectivity index (χ3n) is 3.81. The van der Waals surface area contributed by atoms with Crippen molar-refractivity contribution in [2.24, 2.45) is 0 Å². The Labute approximate surface area is 168 Å². The summed E-state index contributed by atoms with van der Waals surface area (Å²) in [6, 6.07) is 12.5. The lowest BCUT2D eigenvalue weighted by Gasteiger charge is -2.19. The Bertz CT molecular complexity index is 839. The van der Waals surface area contributed by atoms with Gasteiger partial charge in [0, 0.05) is 10.7 Å². The number of rotatable bonds is 7. The molecule has 0 bridgehead atoms. The summed E-state index contributed by atoms with van der Waals surface area (Å²) >= 11 is 6.16. The van der Waals surface area contributed by atoms with Gasteiger partial charge in [0.15, 0.2) is 0 Å². The molecule has 148 valence electrons. The van der Waals surface area contributed by atoms with Crippen LogP contribution in [-0.4, -0.2) is 31.5 Å². The van der Waals surface area contributed by atoms with E-state index in [1.807, 2.05) is 6.92 Å². The topological polar surface area (TPSA) is 93.7 Å². The van der Waals surface area contributed by atoms with Gasteiger partial charge in [-0.1, -0.05) is 29.8 Å². The van der Waals surface area contributed by atoms with Gasteiger partial charge < -0.3 is 20.1 Å². The molecule has 0 spiro atoms. The molecule has 8 heteroatoms. The van der Waals surface area contributed by atoms with Crippen molar-refractivity contribution >= 4 is 35.1 Å². The van der Waals surface area contributed by atoms with Crippen LogP contribution in [0.2, 0.25) is 5.02 Å². The molecule has 7 nitrogen and oxygen atoms in total. The lowest BCUT2D eigenvalue weighted by Crippen LogP contribution is -2.38. The Hall–Kier alpha value is -3.06. The normalized spacial score (nSPS) is 11.2. The SMILES string of the molecule is CCOc1ccc(NC(=O)C(=O)N[C@@H](CC(=O)OC)c2ccccc2Cl)cc1. The molecule has 2 N–H and O–H groups in total. The van der Waals surface area contributed by atoms with Crippen LogP contribution in [0.1, 0.15) is 24.9 Å². The number of ether oxygens (including phenoxy) is 2. The maximum absolute atomic E-state index is 12.3. The largest absolute Gasteiger partial charge is 0.494 e. The molecule has 2 aromatic rings. The molecule has 1 atom stereocenters. The second-order valence-corrected chi connectivity index (χ2v) is 6.15. The first-order valence-electron chi connectivity index (χ1n) is 8.60. The lowest BCUT2D eigenvalue weighted by molar-refractivity contribution is -0.142. The first-order chi connectivity index (χ1) is 13.4. The molecule has 0 heterocycles. The van der Waals surface area contributed by atoms with Gasteiger partial charge in [-0.25, -0.2) is 0 Å². The molecule has 0 aliphatic rings. The van der Waals surface area contributed by atoms with E-state index in [1.54, 1.807) is 48.5 Å². The second-order valence-electron chi connectivity index (χ2n) is 5.74. The number of hydrogen-bond donors (Lipinski definition) is 2. The highest BCUT2D eigenvalue weighted by atomic mass is 35.5. The zero-order valence-electron chi connectivity index (χ0n) is 15.5. The van der Waals surface area contributed by atoms with Gasteiger partial charge in [0.1, 0.15) is 5.75 Å². The maximum atomic E-state index is 12.3. The fourth-order valence-corrected chi connectivity index (χ4v) is 2.73. The Morgan fingerprint density at radius 1 is 1.04 bits per heavy atom. The summed E-state index contributed by atoms with van der Waals surface area (Å²) in [7, 11) is 1.24. The van der Waals surface area contributed by atoms with Gasteiger partial charge in [-0.05, 0) is 42.8 Å². The number of nitrogens with one attached hydrogen (secondary N) is 2. The van der Waals surface area contributed by atoms with Crippen molar-refractivity contribution in [3.63, 3.8) is 0 Å². The van der Waals surface area contributed by atoms with Crippen LogP contribution < -0.4 is 15.4 Å². The predicted octanol–water partition coefficient (Wildman–Crippen LogP) is 3.10. The minimum absolute atomic E-state index is 0.164. The number of anilines is 1. The fraction of sp³-hybridized carbons (Fsp3) is 0.250. The van der Waals surface area contributed by atoms with Gasteiger partial charge in [0.05, 0.1) is 26.2 Å². The van der Waals surface area contributed by atoms with Crippen LogP contribution in [0, 0.1) is 0 Å². The van der Waals surface area contributed by atoms with E-state index >= 15 is 0 Å². The molecule has 0 saturated carbocycles. The van der Waals surface area contributed by atoms with Gasteiger partial charge in [0.25, 0.3) is 0 Å². The number of carbonyl (C=O) groups is 3. The minimum atomic E-state index is -0.900. The predicted molar refractivity (Wildman–Crippen MR) is 105 cm³/mol. The van der Waals surface area contributed by atoms with Crippen molar-refractivity contribution in [2.75, 3.05) is 19.0 Å². The number of halogens is 1. The van der Waals surface area contributed by atoms with E-state index in [0.717, 1.165) is 0 Å². The van der Waals surface area contributed by atoms with Gasteiger partial charge in [-0.2, -0.15) is 0 Å². The Kier molecular flexibility index (Phi) is 7.83. The average Bonchev–Trinajstić information content (AvgIpc) is 2.69. The molecule has 2 amide bonds. The van der Waals surface area contributed by atoms with E-state index in [-0.39, 0.29) is 6.42 Å². The Morgan fingerprint density at radius 2 is 1.71 bits per heavy atom. The minimum Gasteiger partial charge on any atom is -0.494 e. The standard InChI is InChI=1S/C20H21ClN2O5/c1-3-28-14-10-8-13(9-11-14)22-19(25)20(26)23-17(12-18(24)27-2)15-6-4-5-7-16(15)21/h4-11,17H,3,12H2,1-2H3,(H,22,25)(H,23,26)/t17-/m0/s1. The van der Waals surface area contributed by atoms with E-state index < -0.39 is 23.8 Å². The van der Waals surface area contributed by atoms with Gasteiger partial charge in [-0.15, -0.1) is 0 Å².